The molecule has 2 aromatic heterocycles. The molecule has 3 aromatic carbocycles. The minimum Gasteiger partial charge on any atom is -0.485 e. The highest BCUT2D eigenvalue weighted by atomic mass is 35.5. The molecule has 0 radical (unpaired) electrons. The van der Waals surface area contributed by atoms with Crippen molar-refractivity contribution in [2.45, 2.75) is 20.1 Å². The van der Waals surface area contributed by atoms with Gasteiger partial charge in [0.25, 0.3) is 5.91 Å². The first-order valence-electron chi connectivity index (χ1n) is 13.7. The molecule has 8 heteroatoms. The lowest BCUT2D eigenvalue weighted by atomic mass is 10.1. The summed E-state index contributed by atoms with van der Waals surface area (Å²) in [6.45, 7) is 6.01. The number of thiazole rings is 1. The van der Waals surface area contributed by atoms with Crippen LogP contribution in [0.15, 0.2) is 96.4 Å². The Morgan fingerprint density at radius 3 is 2.34 bits per heavy atom. The summed E-state index contributed by atoms with van der Waals surface area (Å²) in [4.78, 5) is 23.1. The van der Waals surface area contributed by atoms with Gasteiger partial charge < -0.3 is 19.1 Å². The SMILES string of the molecule is Cc1c(C(=O)N2CCN(c3ccccc3)CC2)cc(-c2csc(COc3ccccc3Cl)n2)n1Cc1ccccc1. The first kappa shape index (κ1) is 27.1. The molecule has 0 atom stereocenters. The van der Waals surface area contributed by atoms with E-state index in [0.29, 0.717) is 37.0 Å². The van der Waals surface area contributed by atoms with Crippen LogP contribution >= 0.6 is 22.9 Å². The van der Waals surface area contributed by atoms with Crippen LogP contribution in [0.4, 0.5) is 5.69 Å². The third-order valence-electron chi connectivity index (χ3n) is 7.47. The van der Waals surface area contributed by atoms with Crippen LogP contribution < -0.4 is 9.64 Å². The van der Waals surface area contributed by atoms with Gasteiger partial charge in [0, 0.05) is 49.5 Å². The maximum absolute atomic E-state index is 13.9. The summed E-state index contributed by atoms with van der Waals surface area (Å²) < 4.78 is 8.13. The molecule has 0 spiro atoms. The van der Waals surface area contributed by atoms with Crippen molar-refractivity contribution in [3.05, 3.63) is 123 Å². The number of hydrogen-bond donors (Lipinski definition) is 0. The summed E-state index contributed by atoms with van der Waals surface area (Å²) in [6, 6.07) is 30.1. The van der Waals surface area contributed by atoms with Gasteiger partial charge >= 0.3 is 0 Å². The van der Waals surface area contributed by atoms with Crippen LogP contribution in [0.25, 0.3) is 11.4 Å². The van der Waals surface area contributed by atoms with E-state index in [2.05, 4.69) is 45.9 Å². The highest BCUT2D eigenvalue weighted by Crippen LogP contribution is 2.31. The zero-order valence-electron chi connectivity index (χ0n) is 22.9. The number of rotatable bonds is 8. The molecule has 0 saturated carbocycles. The maximum Gasteiger partial charge on any atom is 0.255 e. The van der Waals surface area contributed by atoms with Gasteiger partial charge in [-0.1, -0.05) is 72.3 Å². The van der Waals surface area contributed by atoms with Crippen LogP contribution in [0, 0.1) is 6.92 Å². The van der Waals surface area contributed by atoms with Gasteiger partial charge in [0.15, 0.2) is 0 Å². The zero-order valence-corrected chi connectivity index (χ0v) is 24.4. The van der Waals surface area contributed by atoms with E-state index in [1.807, 2.05) is 71.8 Å². The maximum atomic E-state index is 13.9. The Hall–Kier alpha value is -4.07. The number of carbonyl (C=O) groups is 1. The van der Waals surface area contributed by atoms with Crippen molar-refractivity contribution in [1.82, 2.24) is 14.5 Å². The summed E-state index contributed by atoms with van der Waals surface area (Å²) in [5.74, 6) is 0.704. The van der Waals surface area contributed by atoms with Crippen LogP contribution in [0.3, 0.4) is 0 Å². The summed E-state index contributed by atoms with van der Waals surface area (Å²) in [5, 5.41) is 3.45. The van der Waals surface area contributed by atoms with E-state index in [9.17, 15) is 4.79 Å². The summed E-state index contributed by atoms with van der Waals surface area (Å²) in [7, 11) is 0. The van der Waals surface area contributed by atoms with Gasteiger partial charge in [-0.2, -0.15) is 0 Å². The molecule has 0 aliphatic carbocycles. The second kappa shape index (κ2) is 12.2. The van der Waals surface area contributed by atoms with E-state index < -0.39 is 0 Å². The van der Waals surface area contributed by atoms with Crippen molar-refractivity contribution in [3.8, 4) is 17.1 Å². The van der Waals surface area contributed by atoms with Crippen LogP contribution in [-0.2, 0) is 13.2 Å². The minimum atomic E-state index is 0.0702. The number of carbonyl (C=O) groups excluding carboxylic acids is 1. The Bertz CT molecular complexity index is 1630. The lowest BCUT2D eigenvalue weighted by Crippen LogP contribution is -2.48. The van der Waals surface area contributed by atoms with Crippen molar-refractivity contribution < 1.29 is 9.53 Å². The number of nitrogens with zero attached hydrogens (tertiary/aromatic N) is 4. The third kappa shape index (κ3) is 6.01. The molecule has 1 aliphatic heterocycles. The molecule has 0 N–H and O–H groups in total. The minimum absolute atomic E-state index is 0.0702. The van der Waals surface area contributed by atoms with E-state index in [0.717, 1.165) is 40.7 Å². The van der Waals surface area contributed by atoms with E-state index in [-0.39, 0.29) is 5.91 Å². The topological polar surface area (TPSA) is 50.6 Å². The average molecular weight is 583 g/mol. The van der Waals surface area contributed by atoms with Gasteiger partial charge in [-0.25, -0.2) is 4.98 Å². The van der Waals surface area contributed by atoms with Crippen molar-refractivity contribution in [2.75, 3.05) is 31.1 Å². The number of anilines is 1. The normalized spacial score (nSPS) is 13.4. The number of para-hydroxylation sites is 2. The standard InChI is InChI=1S/C33H31ClN4O2S/c1-24-27(33(39)37-18-16-36(17-19-37)26-12-6-3-7-13-26)20-30(38(24)21-25-10-4-2-5-11-25)29-23-41-32(35-29)22-40-31-15-9-8-14-28(31)34/h2-15,20,23H,16-19,21-22H2,1H3. The van der Waals surface area contributed by atoms with Crippen LogP contribution in [0.5, 0.6) is 5.75 Å². The molecule has 1 fully saturated rings. The number of hydrogen-bond acceptors (Lipinski definition) is 5. The van der Waals surface area contributed by atoms with E-state index in [4.69, 9.17) is 21.3 Å². The summed E-state index contributed by atoms with van der Waals surface area (Å²) in [6.07, 6.45) is 0. The van der Waals surface area contributed by atoms with E-state index >= 15 is 0 Å². The van der Waals surface area contributed by atoms with Crippen LogP contribution in [-0.4, -0.2) is 46.5 Å². The predicted molar refractivity (Wildman–Crippen MR) is 166 cm³/mol. The Morgan fingerprint density at radius 1 is 0.927 bits per heavy atom. The Balaban J connectivity index is 1.25. The molecule has 6 rings (SSSR count). The largest absolute Gasteiger partial charge is 0.485 e. The van der Waals surface area contributed by atoms with Gasteiger partial charge in [-0.05, 0) is 42.8 Å². The first-order chi connectivity index (χ1) is 20.1. The number of benzene rings is 3. The third-order valence-corrected chi connectivity index (χ3v) is 8.61. The number of piperazine rings is 1. The molecule has 0 bridgehead atoms. The summed E-state index contributed by atoms with van der Waals surface area (Å²) >= 11 is 7.80. The second-order valence-electron chi connectivity index (χ2n) is 10.1. The van der Waals surface area contributed by atoms with E-state index in [1.165, 1.54) is 11.3 Å². The molecular weight excluding hydrogens is 552 g/mol. The molecule has 1 saturated heterocycles. The van der Waals surface area contributed by atoms with Gasteiger partial charge in [-0.15, -0.1) is 11.3 Å². The molecule has 5 aromatic rings. The van der Waals surface area contributed by atoms with Crippen LogP contribution in [0.1, 0.15) is 26.6 Å². The number of aromatic nitrogens is 2. The molecular formula is C33H31ClN4O2S. The van der Waals surface area contributed by atoms with Crippen molar-refractivity contribution in [2.24, 2.45) is 0 Å². The van der Waals surface area contributed by atoms with Gasteiger partial charge in [0.1, 0.15) is 17.4 Å². The fourth-order valence-electron chi connectivity index (χ4n) is 5.22. The molecule has 1 amide bonds. The Morgan fingerprint density at radius 2 is 1.61 bits per heavy atom. The highest BCUT2D eigenvalue weighted by Gasteiger charge is 2.27. The van der Waals surface area contributed by atoms with Crippen molar-refractivity contribution in [1.29, 1.82) is 0 Å². The van der Waals surface area contributed by atoms with Gasteiger partial charge in [0.05, 0.1) is 22.0 Å². The highest BCUT2D eigenvalue weighted by molar-refractivity contribution is 7.09. The predicted octanol–water partition coefficient (Wildman–Crippen LogP) is 7.16. The molecule has 1 aliphatic rings. The van der Waals surface area contributed by atoms with E-state index in [1.54, 1.807) is 11.3 Å². The van der Waals surface area contributed by atoms with Crippen LogP contribution in [0.2, 0.25) is 5.02 Å². The Kier molecular flexibility index (Phi) is 8.07. The Labute approximate surface area is 249 Å². The molecule has 208 valence electrons. The molecule has 6 nitrogen and oxygen atoms in total. The van der Waals surface area contributed by atoms with Gasteiger partial charge in [0.2, 0.25) is 0 Å². The smallest absolute Gasteiger partial charge is 0.255 e. The molecule has 3 heterocycles. The summed E-state index contributed by atoms with van der Waals surface area (Å²) in [5.41, 5.74) is 5.80. The zero-order chi connectivity index (χ0) is 28.2. The number of amides is 1. The molecule has 41 heavy (non-hydrogen) atoms. The number of halogens is 1. The lowest BCUT2D eigenvalue weighted by Gasteiger charge is -2.36. The average Bonchev–Trinajstić information content (AvgIpc) is 3.62. The first-order valence-corrected chi connectivity index (χ1v) is 15.0. The number of ether oxygens (including phenoxy) is 1. The fourth-order valence-corrected chi connectivity index (χ4v) is 6.11. The van der Waals surface area contributed by atoms with Gasteiger partial charge in [-0.3, -0.25) is 4.79 Å². The lowest BCUT2D eigenvalue weighted by molar-refractivity contribution is 0.0746. The van der Waals surface area contributed by atoms with Crippen molar-refractivity contribution >= 4 is 34.5 Å². The second-order valence-corrected chi connectivity index (χ2v) is 11.4. The monoisotopic (exact) mass is 582 g/mol. The molecule has 0 unspecified atom stereocenters. The fraction of sp³-hybridized carbons (Fsp3) is 0.212. The quantitative estimate of drug-likeness (QED) is 0.195. The van der Waals surface area contributed by atoms with Crippen molar-refractivity contribution in [3.63, 3.8) is 0 Å².